The van der Waals surface area contributed by atoms with Crippen LogP contribution in [0.15, 0.2) is 30.3 Å². The van der Waals surface area contributed by atoms with Crippen molar-refractivity contribution in [1.29, 1.82) is 0 Å². The summed E-state index contributed by atoms with van der Waals surface area (Å²) < 4.78 is 28.3. The Balaban J connectivity index is 1.94. The summed E-state index contributed by atoms with van der Waals surface area (Å²) >= 11 is 0. The molecule has 5 nitrogen and oxygen atoms in total. The second-order valence-corrected chi connectivity index (χ2v) is 6.62. The number of hydrogen-bond acceptors (Lipinski definition) is 3. The highest BCUT2D eigenvalue weighted by Gasteiger charge is 2.28. The van der Waals surface area contributed by atoms with Gasteiger partial charge in [0.15, 0.2) is 0 Å². The summed E-state index contributed by atoms with van der Waals surface area (Å²) in [5, 5.41) is 9.14. The molecule has 0 aromatic heterocycles. The van der Waals surface area contributed by atoms with Crippen molar-refractivity contribution in [3.63, 3.8) is 0 Å². The van der Waals surface area contributed by atoms with Crippen LogP contribution in [0, 0.1) is 5.92 Å². The van der Waals surface area contributed by atoms with Crippen molar-refractivity contribution in [2.45, 2.75) is 19.4 Å². The van der Waals surface area contributed by atoms with Gasteiger partial charge in [0.05, 0.1) is 0 Å². The van der Waals surface area contributed by atoms with Crippen molar-refractivity contribution in [3.05, 3.63) is 35.9 Å². The van der Waals surface area contributed by atoms with E-state index < -0.39 is 10.2 Å². The molecule has 0 aliphatic carbocycles. The van der Waals surface area contributed by atoms with Crippen molar-refractivity contribution in [3.8, 4) is 0 Å². The molecule has 0 spiro atoms. The molecule has 1 heterocycles. The minimum Gasteiger partial charge on any atom is -0.396 e. The van der Waals surface area contributed by atoms with Gasteiger partial charge in [0.25, 0.3) is 10.2 Å². The maximum Gasteiger partial charge on any atom is 0.279 e. The first-order valence-electron chi connectivity index (χ1n) is 6.51. The van der Waals surface area contributed by atoms with E-state index in [1.54, 1.807) is 0 Å². The number of hydrogen-bond donors (Lipinski definition) is 2. The number of benzene rings is 1. The lowest BCUT2D eigenvalue weighted by atomic mass is 10.0. The molecule has 1 atom stereocenters. The fourth-order valence-corrected chi connectivity index (χ4v) is 3.56. The SMILES string of the molecule is O=S(=O)(NCc1ccccc1)N1CCCC(CO)C1. The predicted molar refractivity (Wildman–Crippen MR) is 73.6 cm³/mol. The fraction of sp³-hybridized carbons (Fsp3) is 0.538. The Bertz CT molecular complexity index is 490. The average Bonchev–Trinajstić information content (AvgIpc) is 2.46. The number of nitrogens with zero attached hydrogens (tertiary/aromatic N) is 1. The lowest BCUT2D eigenvalue weighted by Crippen LogP contribution is -2.46. The van der Waals surface area contributed by atoms with Gasteiger partial charge in [0.1, 0.15) is 0 Å². The van der Waals surface area contributed by atoms with Crippen LogP contribution in [0.3, 0.4) is 0 Å². The smallest absolute Gasteiger partial charge is 0.279 e. The monoisotopic (exact) mass is 284 g/mol. The van der Waals surface area contributed by atoms with Gasteiger partial charge in [0, 0.05) is 26.2 Å². The molecule has 0 radical (unpaired) electrons. The van der Waals surface area contributed by atoms with Crippen LogP contribution in [-0.2, 0) is 16.8 Å². The van der Waals surface area contributed by atoms with E-state index >= 15 is 0 Å². The Hall–Kier alpha value is -0.950. The maximum atomic E-state index is 12.2. The molecule has 1 unspecified atom stereocenters. The van der Waals surface area contributed by atoms with Gasteiger partial charge in [0.2, 0.25) is 0 Å². The van der Waals surface area contributed by atoms with E-state index in [1.165, 1.54) is 4.31 Å². The Morgan fingerprint density at radius 3 is 2.74 bits per heavy atom. The number of aliphatic hydroxyl groups is 1. The van der Waals surface area contributed by atoms with Crippen LogP contribution in [0.2, 0.25) is 0 Å². The molecule has 2 N–H and O–H groups in total. The summed E-state index contributed by atoms with van der Waals surface area (Å²) in [6, 6.07) is 9.43. The molecule has 0 bridgehead atoms. The van der Waals surface area contributed by atoms with Crippen molar-refractivity contribution < 1.29 is 13.5 Å². The molecule has 1 fully saturated rings. The number of piperidine rings is 1. The number of rotatable bonds is 5. The summed E-state index contributed by atoms with van der Waals surface area (Å²) in [7, 11) is -3.45. The second-order valence-electron chi connectivity index (χ2n) is 4.86. The van der Waals surface area contributed by atoms with Gasteiger partial charge in [-0.3, -0.25) is 0 Å². The third-order valence-corrected chi connectivity index (χ3v) is 4.90. The van der Waals surface area contributed by atoms with Gasteiger partial charge in [-0.25, -0.2) is 0 Å². The predicted octanol–water partition coefficient (Wildman–Crippen LogP) is 0.725. The molecular formula is C13H20N2O3S. The van der Waals surface area contributed by atoms with E-state index in [0.29, 0.717) is 19.6 Å². The second kappa shape index (κ2) is 6.47. The lowest BCUT2D eigenvalue weighted by Gasteiger charge is -2.30. The summed E-state index contributed by atoms with van der Waals surface area (Å²) in [4.78, 5) is 0. The molecule has 1 saturated heterocycles. The molecule has 0 amide bonds. The molecule has 1 aliphatic rings. The molecule has 0 saturated carbocycles. The van der Waals surface area contributed by atoms with E-state index in [2.05, 4.69) is 4.72 Å². The molecule has 19 heavy (non-hydrogen) atoms. The zero-order valence-electron chi connectivity index (χ0n) is 10.8. The standard InChI is InChI=1S/C13H20N2O3S/c16-11-13-7-4-8-15(10-13)19(17,18)14-9-12-5-2-1-3-6-12/h1-3,5-6,13-14,16H,4,7-11H2. The summed E-state index contributed by atoms with van der Waals surface area (Å²) in [5.41, 5.74) is 0.932. The summed E-state index contributed by atoms with van der Waals surface area (Å²) in [5.74, 6) is 0.0575. The van der Waals surface area contributed by atoms with Crippen LogP contribution >= 0.6 is 0 Å². The zero-order valence-corrected chi connectivity index (χ0v) is 11.6. The Morgan fingerprint density at radius 1 is 1.32 bits per heavy atom. The van der Waals surface area contributed by atoms with E-state index in [0.717, 1.165) is 18.4 Å². The van der Waals surface area contributed by atoms with Crippen LogP contribution in [0.25, 0.3) is 0 Å². The zero-order chi connectivity index (χ0) is 13.7. The molecule has 1 aromatic rings. The van der Waals surface area contributed by atoms with Crippen molar-refractivity contribution in [2.75, 3.05) is 19.7 Å². The van der Waals surface area contributed by atoms with Crippen LogP contribution in [0.4, 0.5) is 0 Å². The Morgan fingerprint density at radius 2 is 2.05 bits per heavy atom. The first-order valence-corrected chi connectivity index (χ1v) is 7.95. The topological polar surface area (TPSA) is 69.6 Å². The van der Waals surface area contributed by atoms with Crippen molar-refractivity contribution in [1.82, 2.24) is 9.03 Å². The quantitative estimate of drug-likeness (QED) is 0.837. The van der Waals surface area contributed by atoms with Crippen LogP contribution < -0.4 is 4.72 Å². The lowest BCUT2D eigenvalue weighted by molar-refractivity contribution is 0.164. The van der Waals surface area contributed by atoms with Gasteiger partial charge >= 0.3 is 0 Å². The third kappa shape index (κ3) is 4.01. The van der Waals surface area contributed by atoms with Crippen LogP contribution in [-0.4, -0.2) is 37.5 Å². The molecule has 1 aliphatic heterocycles. The van der Waals surface area contributed by atoms with Gasteiger partial charge in [-0.05, 0) is 24.3 Å². The fourth-order valence-electron chi connectivity index (χ4n) is 2.26. The first kappa shape index (κ1) is 14.5. The Labute approximate surface area is 114 Å². The average molecular weight is 284 g/mol. The molecule has 106 valence electrons. The van der Waals surface area contributed by atoms with E-state index in [4.69, 9.17) is 5.11 Å². The van der Waals surface area contributed by atoms with Gasteiger partial charge in [-0.2, -0.15) is 17.4 Å². The first-order chi connectivity index (χ1) is 9.12. The Kier molecular flexibility index (Phi) is 4.93. The van der Waals surface area contributed by atoms with E-state index in [1.807, 2.05) is 30.3 Å². The van der Waals surface area contributed by atoms with Crippen molar-refractivity contribution >= 4 is 10.2 Å². The summed E-state index contributed by atoms with van der Waals surface area (Å²) in [6.07, 6.45) is 1.69. The van der Waals surface area contributed by atoms with Crippen LogP contribution in [0.5, 0.6) is 0 Å². The van der Waals surface area contributed by atoms with Crippen LogP contribution in [0.1, 0.15) is 18.4 Å². The van der Waals surface area contributed by atoms with Gasteiger partial charge < -0.3 is 5.11 Å². The summed E-state index contributed by atoms with van der Waals surface area (Å²) in [6.45, 7) is 1.27. The number of nitrogens with one attached hydrogen (secondary N) is 1. The highest BCUT2D eigenvalue weighted by atomic mass is 32.2. The maximum absolute atomic E-state index is 12.2. The molecule has 2 rings (SSSR count). The molecular weight excluding hydrogens is 264 g/mol. The molecule has 6 heteroatoms. The largest absolute Gasteiger partial charge is 0.396 e. The minimum absolute atomic E-state index is 0.0463. The highest BCUT2D eigenvalue weighted by Crippen LogP contribution is 2.18. The van der Waals surface area contributed by atoms with Gasteiger partial charge in [-0.1, -0.05) is 30.3 Å². The van der Waals surface area contributed by atoms with E-state index in [-0.39, 0.29) is 12.5 Å². The minimum atomic E-state index is -3.45. The third-order valence-electron chi connectivity index (χ3n) is 3.38. The molecule has 1 aromatic carbocycles. The van der Waals surface area contributed by atoms with Crippen molar-refractivity contribution in [2.24, 2.45) is 5.92 Å². The highest BCUT2D eigenvalue weighted by molar-refractivity contribution is 7.87. The number of aliphatic hydroxyl groups excluding tert-OH is 1. The van der Waals surface area contributed by atoms with Gasteiger partial charge in [-0.15, -0.1) is 0 Å². The van der Waals surface area contributed by atoms with E-state index in [9.17, 15) is 8.42 Å². The normalized spacial score (nSPS) is 21.4.